The third-order valence-corrected chi connectivity index (χ3v) is 3.74. The van der Waals surface area contributed by atoms with Crippen LogP contribution in [-0.4, -0.2) is 18.4 Å². The van der Waals surface area contributed by atoms with E-state index in [2.05, 4.69) is 0 Å². The first-order valence-electron chi connectivity index (χ1n) is 5.92. The van der Waals surface area contributed by atoms with E-state index in [-0.39, 0.29) is 17.5 Å². The minimum Gasteiger partial charge on any atom is -0.462 e. The molecule has 3 heteroatoms. The first-order valence-corrected chi connectivity index (χ1v) is 5.92. The minimum atomic E-state index is -0.175. The highest BCUT2D eigenvalue weighted by atomic mass is 16.6. The van der Waals surface area contributed by atoms with Gasteiger partial charge in [-0.15, -0.1) is 0 Å². The van der Waals surface area contributed by atoms with Crippen LogP contribution in [0.2, 0.25) is 0 Å². The molecule has 0 radical (unpaired) electrons. The molecule has 84 valence electrons. The van der Waals surface area contributed by atoms with Gasteiger partial charge in [-0.25, -0.2) is 0 Å². The van der Waals surface area contributed by atoms with Crippen molar-refractivity contribution in [3.63, 3.8) is 0 Å². The molecule has 2 aliphatic rings. The van der Waals surface area contributed by atoms with E-state index < -0.39 is 0 Å². The molecule has 2 rings (SSSR count). The van der Waals surface area contributed by atoms with Gasteiger partial charge in [-0.2, -0.15) is 0 Å². The first-order chi connectivity index (χ1) is 7.27. The van der Waals surface area contributed by atoms with E-state index in [0.29, 0.717) is 12.8 Å². The Morgan fingerprint density at radius 3 is 2.73 bits per heavy atom. The fourth-order valence-corrected chi connectivity index (χ4v) is 2.89. The maximum atomic E-state index is 11.8. The summed E-state index contributed by atoms with van der Waals surface area (Å²) in [6.07, 6.45) is 8.48. The van der Waals surface area contributed by atoms with Crippen molar-refractivity contribution in [2.24, 2.45) is 5.41 Å². The van der Waals surface area contributed by atoms with Crippen molar-refractivity contribution in [3.05, 3.63) is 0 Å². The molecule has 2 fully saturated rings. The second-order valence-corrected chi connectivity index (χ2v) is 4.82. The van der Waals surface area contributed by atoms with Gasteiger partial charge in [-0.1, -0.05) is 19.3 Å². The Kier molecular flexibility index (Phi) is 3.08. The van der Waals surface area contributed by atoms with Crippen molar-refractivity contribution < 1.29 is 14.3 Å². The van der Waals surface area contributed by atoms with Gasteiger partial charge in [0.2, 0.25) is 0 Å². The summed E-state index contributed by atoms with van der Waals surface area (Å²) < 4.78 is 5.36. The van der Waals surface area contributed by atoms with Gasteiger partial charge in [-0.05, 0) is 19.3 Å². The molecule has 0 bridgehead atoms. The SMILES string of the molecule is O=CCCC1CC2(CCCCC2)C(=O)O1. The second-order valence-electron chi connectivity index (χ2n) is 4.82. The second kappa shape index (κ2) is 4.33. The van der Waals surface area contributed by atoms with Crippen molar-refractivity contribution in [2.75, 3.05) is 0 Å². The van der Waals surface area contributed by atoms with E-state index in [1.807, 2.05) is 0 Å². The van der Waals surface area contributed by atoms with Crippen LogP contribution in [-0.2, 0) is 14.3 Å². The van der Waals surface area contributed by atoms with Gasteiger partial charge >= 0.3 is 5.97 Å². The molecule has 1 spiro atoms. The molecular weight excluding hydrogens is 192 g/mol. The fourth-order valence-electron chi connectivity index (χ4n) is 2.89. The summed E-state index contributed by atoms with van der Waals surface area (Å²) in [6, 6.07) is 0. The largest absolute Gasteiger partial charge is 0.462 e. The van der Waals surface area contributed by atoms with E-state index in [1.54, 1.807) is 0 Å². The quantitative estimate of drug-likeness (QED) is 0.530. The molecule has 0 aromatic rings. The number of hydrogen-bond donors (Lipinski definition) is 0. The van der Waals surface area contributed by atoms with Crippen LogP contribution in [0.1, 0.15) is 51.4 Å². The predicted molar refractivity (Wildman–Crippen MR) is 55.3 cm³/mol. The van der Waals surface area contributed by atoms with Gasteiger partial charge in [0.25, 0.3) is 0 Å². The topological polar surface area (TPSA) is 43.4 Å². The van der Waals surface area contributed by atoms with Crippen LogP contribution in [0.4, 0.5) is 0 Å². The van der Waals surface area contributed by atoms with E-state index in [1.165, 1.54) is 6.42 Å². The lowest BCUT2D eigenvalue weighted by atomic mass is 9.72. The number of hydrogen-bond acceptors (Lipinski definition) is 3. The van der Waals surface area contributed by atoms with Crippen molar-refractivity contribution in [3.8, 4) is 0 Å². The van der Waals surface area contributed by atoms with Gasteiger partial charge in [-0.3, -0.25) is 4.79 Å². The summed E-state index contributed by atoms with van der Waals surface area (Å²) in [6.45, 7) is 0. The zero-order valence-electron chi connectivity index (χ0n) is 9.04. The minimum absolute atomic E-state index is 0.000741. The van der Waals surface area contributed by atoms with E-state index >= 15 is 0 Å². The number of cyclic esters (lactones) is 1. The lowest BCUT2D eigenvalue weighted by Crippen LogP contribution is -2.28. The Labute approximate surface area is 90.2 Å². The standard InChI is InChI=1S/C12H18O3/c13-8-4-5-10-9-12(11(14)15-10)6-2-1-3-7-12/h8,10H,1-7,9H2. The summed E-state index contributed by atoms with van der Waals surface area (Å²) in [4.78, 5) is 22.1. The van der Waals surface area contributed by atoms with Crippen LogP contribution in [0.15, 0.2) is 0 Å². The Morgan fingerprint density at radius 2 is 2.07 bits per heavy atom. The highest BCUT2D eigenvalue weighted by molar-refractivity contribution is 5.79. The molecule has 1 saturated carbocycles. The smallest absolute Gasteiger partial charge is 0.312 e. The highest BCUT2D eigenvalue weighted by Crippen LogP contribution is 2.46. The fraction of sp³-hybridized carbons (Fsp3) is 0.833. The molecule has 1 atom stereocenters. The lowest BCUT2D eigenvalue weighted by Gasteiger charge is -2.28. The number of ether oxygens (including phenoxy) is 1. The van der Waals surface area contributed by atoms with Crippen LogP contribution in [0.3, 0.4) is 0 Å². The molecule has 3 nitrogen and oxygen atoms in total. The molecule has 1 unspecified atom stereocenters. The summed E-state index contributed by atoms with van der Waals surface area (Å²) in [7, 11) is 0. The van der Waals surface area contributed by atoms with Crippen LogP contribution in [0.5, 0.6) is 0 Å². The third kappa shape index (κ3) is 2.06. The van der Waals surface area contributed by atoms with Crippen LogP contribution < -0.4 is 0 Å². The molecule has 0 amide bonds. The van der Waals surface area contributed by atoms with Crippen LogP contribution in [0.25, 0.3) is 0 Å². The Morgan fingerprint density at radius 1 is 1.33 bits per heavy atom. The normalized spacial score (nSPS) is 29.1. The number of carbonyl (C=O) groups is 2. The van der Waals surface area contributed by atoms with Gasteiger partial charge in [0.15, 0.2) is 0 Å². The van der Waals surface area contributed by atoms with Gasteiger partial charge < -0.3 is 9.53 Å². The average Bonchev–Trinajstić information content (AvgIpc) is 2.54. The third-order valence-electron chi connectivity index (χ3n) is 3.74. The first kappa shape index (κ1) is 10.7. The van der Waals surface area contributed by atoms with Gasteiger partial charge in [0.1, 0.15) is 12.4 Å². The summed E-state index contributed by atoms with van der Waals surface area (Å²) >= 11 is 0. The molecule has 1 aliphatic heterocycles. The molecule has 0 aromatic carbocycles. The molecule has 15 heavy (non-hydrogen) atoms. The van der Waals surface area contributed by atoms with Gasteiger partial charge in [0.05, 0.1) is 5.41 Å². The van der Waals surface area contributed by atoms with Crippen molar-refractivity contribution in [1.82, 2.24) is 0 Å². The molecule has 0 aromatic heterocycles. The highest BCUT2D eigenvalue weighted by Gasteiger charge is 2.48. The number of rotatable bonds is 3. The maximum absolute atomic E-state index is 11.8. The van der Waals surface area contributed by atoms with E-state index in [9.17, 15) is 9.59 Å². The molecule has 0 N–H and O–H groups in total. The summed E-state index contributed by atoms with van der Waals surface area (Å²) in [5, 5.41) is 0. The average molecular weight is 210 g/mol. The monoisotopic (exact) mass is 210 g/mol. The van der Waals surface area contributed by atoms with Crippen LogP contribution >= 0.6 is 0 Å². The number of aldehydes is 1. The zero-order chi connectivity index (χ0) is 10.7. The molecule has 1 saturated heterocycles. The predicted octanol–water partition coefficient (Wildman–Crippen LogP) is 2.23. The summed E-state index contributed by atoms with van der Waals surface area (Å²) in [5.74, 6) is -0.00176. The lowest BCUT2D eigenvalue weighted by molar-refractivity contribution is -0.150. The van der Waals surface area contributed by atoms with E-state index in [4.69, 9.17) is 4.74 Å². The molecular formula is C12H18O3. The maximum Gasteiger partial charge on any atom is 0.312 e. The van der Waals surface area contributed by atoms with Crippen molar-refractivity contribution >= 4 is 12.3 Å². The van der Waals surface area contributed by atoms with Gasteiger partial charge in [0, 0.05) is 12.8 Å². The van der Waals surface area contributed by atoms with Crippen molar-refractivity contribution in [2.45, 2.75) is 57.5 Å². The van der Waals surface area contributed by atoms with Crippen LogP contribution in [0, 0.1) is 5.41 Å². The zero-order valence-corrected chi connectivity index (χ0v) is 9.04. The Bertz CT molecular complexity index is 254. The van der Waals surface area contributed by atoms with E-state index in [0.717, 1.165) is 38.4 Å². The molecule has 1 heterocycles. The number of esters is 1. The Balaban J connectivity index is 1.96. The molecule has 1 aliphatic carbocycles. The number of carbonyl (C=O) groups excluding carboxylic acids is 2. The summed E-state index contributed by atoms with van der Waals surface area (Å²) in [5.41, 5.74) is -0.175. The van der Waals surface area contributed by atoms with Crippen molar-refractivity contribution in [1.29, 1.82) is 0 Å². The Hall–Kier alpha value is -0.860.